The molecule has 3 nitrogen and oxygen atoms in total. The fourth-order valence-corrected chi connectivity index (χ4v) is 1.73. The van der Waals surface area contributed by atoms with E-state index in [-0.39, 0.29) is 0 Å². The maximum Gasteiger partial charge on any atom is 0.163 e. The van der Waals surface area contributed by atoms with Crippen molar-refractivity contribution in [2.45, 2.75) is 6.54 Å². The van der Waals surface area contributed by atoms with Crippen molar-refractivity contribution < 1.29 is 0 Å². The van der Waals surface area contributed by atoms with Crippen molar-refractivity contribution in [1.29, 1.82) is 5.26 Å². The summed E-state index contributed by atoms with van der Waals surface area (Å²) in [5, 5.41) is 8.99. The van der Waals surface area contributed by atoms with E-state index in [1.54, 1.807) is 6.20 Å². The Bertz CT molecular complexity index is 529. The molecular formula is C14H13N3. The van der Waals surface area contributed by atoms with Gasteiger partial charge in [-0.3, -0.25) is 0 Å². The zero-order valence-electron chi connectivity index (χ0n) is 9.67. The minimum atomic E-state index is 0.464. The Morgan fingerprint density at radius 3 is 2.65 bits per heavy atom. The van der Waals surface area contributed by atoms with Gasteiger partial charge >= 0.3 is 0 Å². The van der Waals surface area contributed by atoms with Crippen LogP contribution >= 0.6 is 0 Å². The number of hydrogen-bond acceptors (Lipinski definition) is 3. The third kappa shape index (κ3) is 2.61. The van der Waals surface area contributed by atoms with Crippen LogP contribution in [-0.2, 0) is 6.54 Å². The lowest BCUT2D eigenvalue weighted by Gasteiger charge is -2.19. The Morgan fingerprint density at radius 2 is 1.94 bits per heavy atom. The molecule has 0 fully saturated rings. The van der Waals surface area contributed by atoms with Crippen LogP contribution in [0.25, 0.3) is 0 Å². The summed E-state index contributed by atoms with van der Waals surface area (Å²) < 4.78 is 0. The van der Waals surface area contributed by atoms with Crippen LogP contribution in [0.15, 0.2) is 48.7 Å². The molecule has 0 bridgehead atoms. The van der Waals surface area contributed by atoms with Crippen molar-refractivity contribution in [3.8, 4) is 6.07 Å². The minimum Gasteiger partial charge on any atom is -0.368 e. The van der Waals surface area contributed by atoms with Gasteiger partial charge in [-0.15, -0.1) is 0 Å². The molecule has 0 aliphatic heterocycles. The lowest BCUT2D eigenvalue weighted by atomic mass is 10.2. The van der Waals surface area contributed by atoms with E-state index < -0.39 is 0 Å². The topological polar surface area (TPSA) is 39.9 Å². The largest absolute Gasteiger partial charge is 0.368 e. The SMILES string of the molecule is CN(Cc1ccccc1)c1cccnc1C#N. The van der Waals surface area contributed by atoms with Crippen LogP contribution in [0.1, 0.15) is 11.3 Å². The van der Waals surface area contributed by atoms with E-state index in [2.05, 4.69) is 23.2 Å². The molecule has 1 aromatic heterocycles. The highest BCUT2D eigenvalue weighted by molar-refractivity contribution is 5.55. The molecular weight excluding hydrogens is 210 g/mol. The fourth-order valence-electron chi connectivity index (χ4n) is 1.73. The maximum absolute atomic E-state index is 8.99. The van der Waals surface area contributed by atoms with Crippen molar-refractivity contribution in [2.24, 2.45) is 0 Å². The molecule has 84 valence electrons. The molecule has 0 spiro atoms. The first-order chi connectivity index (χ1) is 8.31. The molecule has 2 aromatic rings. The number of anilines is 1. The highest BCUT2D eigenvalue weighted by Crippen LogP contribution is 2.17. The van der Waals surface area contributed by atoms with Crippen LogP contribution in [0.4, 0.5) is 5.69 Å². The van der Waals surface area contributed by atoms with Gasteiger partial charge in [-0.25, -0.2) is 4.98 Å². The fraction of sp³-hybridized carbons (Fsp3) is 0.143. The summed E-state index contributed by atoms with van der Waals surface area (Å²) in [7, 11) is 1.96. The minimum absolute atomic E-state index is 0.464. The molecule has 0 aliphatic carbocycles. The van der Waals surface area contributed by atoms with E-state index >= 15 is 0 Å². The van der Waals surface area contributed by atoms with Gasteiger partial charge < -0.3 is 4.90 Å². The van der Waals surface area contributed by atoms with Crippen molar-refractivity contribution in [2.75, 3.05) is 11.9 Å². The van der Waals surface area contributed by atoms with Crippen LogP contribution in [-0.4, -0.2) is 12.0 Å². The summed E-state index contributed by atoms with van der Waals surface area (Å²) in [5.74, 6) is 0. The summed E-state index contributed by atoms with van der Waals surface area (Å²) >= 11 is 0. The lowest BCUT2D eigenvalue weighted by molar-refractivity contribution is 0.914. The maximum atomic E-state index is 8.99. The normalized spacial score (nSPS) is 9.65. The lowest BCUT2D eigenvalue weighted by Crippen LogP contribution is -2.17. The number of aromatic nitrogens is 1. The Kier molecular flexibility index (Phi) is 3.37. The van der Waals surface area contributed by atoms with Crippen LogP contribution in [0, 0.1) is 11.3 Å². The number of nitriles is 1. The van der Waals surface area contributed by atoms with Crippen molar-refractivity contribution in [3.63, 3.8) is 0 Å². The summed E-state index contributed by atoms with van der Waals surface area (Å²) in [6.07, 6.45) is 1.64. The highest BCUT2D eigenvalue weighted by Gasteiger charge is 2.07. The van der Waals surface area contributed by atoms with Gasteiger partial charge in [0.1, 0.15) is 6.07 Å². The standard InChI is InChI=1S/C14H13N3/c1-17(11-12-6-3-2-4-7-12)14-8-5-9-16-13(14)10-15/h2-9H,11H2,1H3. The molecule has 0 saturated carbocycles. The zero-order valence-corrected chi connectivity index (χ0v) is 9.67. The second-order valence-corrected chi connectivity index (χ2v) is 3.82. The number of pyridine rings is 1. The first kappa shape index (κ1) is 11.2. The number of rotatable bonds is 3. The van der Waals surface area contributed by atoms with Crippen LogP contribution in [0.2, 0.25) is 0 Å². The Balaban J connectivity index is 2.21. The van der Waals surface area contributed by atoms with E-state index in [0.717, 1.165) is 12.2 Å². The van der Waals surface area contributed by atoms with Gasteiger partial charge in [0.2, 0.25) is 0 Å². The zero-order chi connectivity index (χ0) is 12.1. The molecule has 1 aromatic carbocycles. The first-order valence-electron chi connectivity index (χ1n) is 5.41. The molecule has 0 unspecified atom stereocenters. The van der Waals surface area contributed by atoms with E-state index in [9.17, 15) is 0 Å². The highest BCUT2D eigenvalue weighted by atomic mass is 15.1. The third-order valence-corrected chi connectivity index (χ3v) is 2.57. The molecule has 3 heteroatoms. The van der Waals surface area contributed by atoms with E-state index in [4.69, 9.17) is 5.26 Å². The first-order valence-corrected chi connectivity index (χ1v) is 5.41. The van der Waals surface area contributed by atoms with Crippen molar-refractivity contribution in [1.82, 2.24) is 4.98 Å². The van der Waals surface area contributed by atoms with Crippen LogP contribution < -0.4 is 4.90 Å². The average Bonchev–Trinajstić information content (AvgIpc) is 2.40. The molecule has 0 N–H and O–H groups in total. The Hall–Kier alpha value is -2.34. The Morgan fingerprint density at radius 1 is 1.18 bits per heavy atom. The van der Waals surface area contributed by atoms with Gasteiger partial charge in [-0.2, -0.15) is 5.26 Å². The smallest absolute Gasteiger partial charge is 0.163 e. The molecule has 0 atom stereocenters. The molecule has 2 rings (SSSR count). The average molecular weight is 223 g/mol. The summed E-state index contributed by atoms with van der Waals surface area (Å²) in [6, 6.07) is 16.0. The van der Waals surface area contributed by atoms with E-state index in [1.807, 2.05) is 42.3 Å². The van der Waals surface area contributed by atoms with Gasteiger partial charge in [0.15, 0.2) is 5.69 Å². The van der Waals surface area contributed by atoms with Crippen molar-refractivity contribution in [3.05, 3.63) is 59.9 Å². The van der Waals surface area contributed by atoms with Gasteiger partial charge in [0.05, 0.1) is 5.69 Å². The molecule has 0 amide bonds. The number of hydrogen-bond donors (Lipinski definition) is 0. The number of nitrogens with zero attached hydrogens (tertiary/aromatic N) is 3. The summed E-state index contributed by atoms with van der Waals surface area (Å²) in [6.45, 7) is 0.765. The molecule has 1 heterocycles. The molecule has 17 heavy (non-hydrogen) atoms. The van der Waals surface area contributed by atoms with Crippen molar-refractivity contribution >= 4 is 5.69 Å². The Labute approximate surface area is 101 Å². The second-order valence-electron chi connectivity index (χ2n) is 3.82. The van der Waals surface area contributed by atoms with E-state index in [0.29, 0.717) is 5.69 Å². The van der Waals surface area contributed by atoms with E-state index in [1.165, 1.54) is 5.56 Å². The number of benzene rings is 1. The molecule has 0 aliphatic rings. The predicted octanol–water partition coefficient (Wildman–Crippen LogP) is 2.59. The quantitative estimate of drug-likeness (QED) is 0.803. The summed E-state index contributed by atoms with van der Waals surface area (Å²) in [4.78, 5) is 6.09. The molecule has 0 saturated heterocycles. The predicted molar refractivity (Wildman–Crippen MR) is 67.5 cm³/mol. The molecule has 0 radical (unpaired) electrons. The van der Waals surface area contributed by atoms with Gasteiger partial charge in [0, 0.05) is 19.8 Å². The summed E-state index contributed by atoms with van der Waals surface area (Å²) in [5.41, 5.74) is 2.53. The van der Waals surface area contributed by atoms with Gasteiger partial charge in [0.25, 0.3) is 0 Å². The van der Waals surface area contributed by atoms with Gasteiger partial charge in [-0.1, -0.05) is 30.3 Å². The monoisotopic (exact) mass is 223 g/mol. The van der Waals surface area contributed by atoms with Gasteiger partial charge in [-0.05, 0) is 17.7 Å². The third-order valence-electron chi connectivity index (χ3n) is 2.57. The van der Waals surface area contributed by atoms with Crippen LogP contribution in [0.3, 0.4) is 0 Å². The van der Waals surface area contributed by atoms with Crippen LogP contribution in [0.5, 0.6) is 0 Å². The second kappa shape index (κ2) is 5.13.